The fourth-order valence-electron chi connectivity index (χ4n) is 2.12. The van der Waals surface area contributed by atoms with E-state index in [1.165, 1.54) is 17.0 Å². The Balaban J connectivity index is 2.60. The first-order chi connectivity index (χ1) is 10.4. The van der Waals surface area contributed by atoms with Crippen LogP contribution in [0.1, 0.15) is 38.3 Å². The smallest absolute Gasteiger partial charge is 0.320 e. The average Bonchev–Trinajstić information content (AvgIpc) is 2.50. The molecule has 0 aromatic heterocycles. The maximum Gasteiger partial charge on any atom is 0.320 e. The lowest BCUT2D eigenvalue weighted by molar-refractivity contribution is -0.140. The molecule has 0 radical (unpaired) electrons. The first kappa shape index (κ1) is 18.1. The highest BCUT2D eigenvalue weighted by molar-refractivity contribution is 5.80. The number of rotatable bonds is 8. The molecule has 0 saturated heterocycles. The molecule has 0 saturated carbocycles. The minimum Gasteiger partial charge on any atom is -0.480 e. The Hall–Kier alpha value is -1.95. The number of aliphatic carboxylic acids is 1. The van der Waals surface area contributed by atoms with Gasteiger partial charge in [-0.3, -0.25) is 14.9 Å². The Labute approximate surface area is 130 Å². The molecule has 0 fully saturated rings. The highest BCUT2D eigenvalue weighted by Crippen LogP contribution is 2.18. The Kier molecular flexibility index (Phi) is 6.98. The molecule has 22 heavy (non-hydrogen) atoms. The number of carboxylic acid groups (broad SMARTS) is 1. The van der Waals surface area contributed by atoms with Crippen molar-refractivity contribution in [2.45, 2.75) is 38.8 Å². The van der Waals surface area contributed by atoms with Gasteiger partial charge < -0.3 is 10.0 Å². The third kappa shape index (κ3) is 5.11. The summed E-state index contributed by atoms with van der Waals surface area (Å²) in [6.07, 6.45) is 1.19. The zero-order valence-electron chi connectivity index (χ0n) is 13.2. The molecule has 1 rings (SSSR count). The fourth-order valence-corrected chi connectivity index (χ4v) is 2.12. The van der Waals surface area contributed by atoms with Crippen LogP contribution in [-0.4, -0.2) is 41.5 Å². The third-order valence-corrected chi connectivity index (χ3v) is 3.70. The second-order valence-corrected chi connectivity index (χ2v) is 5.29. The third-order valence-electron chi connectivity index (χ3n) is 3.70. The van der Waals surface area contributed by atoms with Crippen LogP contribution in [0.2, 0.25) is 0 Å². The molecule has 122 valence electrons. The number of amides is 1. The van der Waals surface area contributed by atoms with Crippen molar-refractivity contribution >= 4 is 11.9 Å². The molecule has 2 unspecified atom stereocenters. The Morgan fingerprint density at radius 3 is 2.41 bits per heavy atom. The summed E-state index contributed by atoms with van der Waals surface area (Å²) in [6.45, 7) is 3.69. The van der Waals surface area contributed by atoms with Crippen molar-refractivity contribution in [3.63, 3.8) is 0 Å². The summed E-state index contributed by atoms with van der Waals surface area (Å²) in [5.74, 6) is -1.49. The monoisotopic (exact) mass is 310 g/mol. The lowest BCUT2D eigenvalue weighted by Gasteiger charge is -2.26. The quantitative estimate of drug-likeness (QED) is 0.772. The number of carbonyl (C=O) groups is 2. The first-order valence-corrected chi connectivity index (χ1v) is 7.34. The lowest BCUT2D eigenvalue weighted by atomic mass is 10.1. The van der Waals surface area contributed by atoms with Gasteiger partial charge in [0, 0.05) is 7.05 Å². The lowest BCUT2D eigenvalue weighted by Crippen LogP contribution is -2.44. The van der Waals surface area contributed by atoms with E-state index in [2.05, 4.69) is 5.32 Å². The van der Waals surface area contributed by atoms with Crippen molar-refractivity contribution in [1.82, 2.24) is 10.2 Å². The van der Waals surface area contributed by atoms with Gasteiger partial charge in [0.25, 0.3) is 0 Å². The second kappa shape index (κ2) is 8.48. The largest absolute Gasteiger partial charge is 0.480 e. The summed E-state index contributed by atoms with van der Waals surface area (Å²) in [5.41, 5.74) is 0.820. The summed E-state index contributed by atoms with van der Waals surface area (Å²) in [4.78, 5) is 24.7. The highest BCUT2D eigenvalue weighted by atomic mass is 19.1. The predicted molar refractivity (Wildman–Crippen MR) is 81.9 cm³/mol. The molecule has 2 atom stereocenters. The zero-order chi connectivity index (χ0) is 16.7. The van der Waals surface area contributed by atoms with E-state index < -0.39 is 12.0 Å². The van der Waals surface area contributed by atoms with E-state index in [1.54, 1.807) is 19.2 Å². The normalized spacial score (nSPS) is 13.5. The van der Waals surface area contributed by atoms with Gasteiger partial charge in [-0.1, -0.05) is 25.5 Å². The van der Waals surface area contributed by atoms with E-state index in [9.17, 15) is 14.0 Å². The van der Waals surface area contributed by atoms with Crippen LogP contribution in [-0.2, 0) is 9.59 Å². The fraction of sp³-hybridized carbons (Fsp3) is 0.500. The van der Waals surface area contributed by atoms with E-state index in [1.807, 2.05) is 13.8 Å². The van der Waals surface area contributed by atoms with Crippen LogP contribution in [0.3, 0.4) is 0 Å². The molecule has 0 heterocycles. The van der Waals surface area contributed by atoms with Crippen LogP contribution in [0.25, 0.3) is 0 Å². The molecule has 0 aliphatic rings. The molecule has 1 amide bonds. The van der Waals surface area contributed by atoms with Gasteiger partial charge >= 0.3 is 5.97 Å². The average molecular weight is 310 g/mol. The van der Waals surface area contributed by atoms with Gasteiger partial charge in [0.1, 0.15) is 11.9 Å². The summed E-state index contributed by atoms with van der Waals surface area (Å²) in [7, 11) is 1.65. The van der Waals surface area contributed by atoms with E-state index in [-0.39, 0.29) is 24.3 Å². The molecule has 5 nitrogen and oxygen atoms in total. The van der Waals surface area contributed by atoms with Crippen LogP contribution in [0, 0.1) is 5.82 Å². The van der Waals surface area contributed by atoms with Crippen LogP contribution in [0.5, 0.6) is 0 Å². The molecule has 0 bridgehead atoms. The molecule has 6 heteroatoms. The number of carbonyl (C=O) groups excluding carboxylic acids is 1. The molecular formula is C16H23FN2O3. The van der Waals surface area contributed by atoms with E-state index in [0.717, 1.165) is 12.0 Å². The summed E-state index contributed by atoms with van der Waals surface area (Å²) in [6, 6.07) is 5.03. The topological polar surface area (TPSA) is 69.6 Å². The summed E-state index contributed by atoms with van der Waals surface area (Å²) in [5, 5.41) is 11.8. The molecular weight excluding hydrogens is 287 g/mol. The van der Waals surface area contributed by atoms with Crippen molar-refractivity contribution in [3.8, 4) is 0 Å². The minimum absolute atomic E-state index is 0.0427. The molecule has 1 aromatic carbocycles. The number of hydrogen-bond donors (Lipinski definition) is 2. The van der Waals surface area contributed by atoms with Gasteiger partial charge in [-0.15, -0.1) is 0 Å². The Bertz CT molecular complexity index is 505. The van der Waals surface area contributed by atoms with Gasteiger partial charge in [-0.2, -0.15) is 0 Å². The number of hydrogen-bond acceptors (Lipinski definition) is 3. The van der Waals surface area contributed by atoms with E-state index in [0.29, 0.717) is 6.42 Å². The van der Waals surface area contributed by atoms with Crippen molar-refractivity contribution in [2.24, 2.45) is 0 Å². The summed E-state index contributed by atoms with van der Waals surface area (Å²) >= 11 is 0. The zero-order valence-corrected chi connectivity index (χ0v) is 13.2. The van der Waals surface area contributed by atoms with Crippen molar-refractivity contribution in [3.05, 3.63) is 35.6 Å². The molecule has 0 aliphatic heterocycles. The van der Waals surface area contributed by atoms with Crippen LogP contribution in [0.15, 0.2) is 24.3 Å². The number of halogens is 1. The maximum absolute atomic E-state index is 12.9. The van der Waals surface area contributed by atoms with Gasteiger partial charge in [-0.25, -0.2) is 4.39 Å². The van der Waals surface area contributed by atoms with Crippen molar-refractivity contribution < 1.29 is 19.1 Å². The SMILES string of the molecule is CCCC(NCC(=O)N(C)C(C)c1ccc(F)cc1)C(=O)O. The highest BCUT2D eigenvalue weighted by Gasteiger charge is 2.21. The van der Waals surface area contributed by atoms with Crippen LogP contribution < -0.4 is 5.32 Å². The molecule has 0 aliphatic carbocycles. The Morgan fingerprint density at radius 1 is 1.32 bits per heavy atom. The number of nitrogens with zero attached hydrogens (tertiary/aromatic N) is 1. The summed E-state index contributed by atoms with van der Waals surface area (Å²) < 4.78 is 12.9. The van der Waals surface area contributed by atoms with Gasteiger partial charge in [-0.05, 0) is 31.0 Å². The van der Waals surface area contributed by atoms with Crippen LogP contribution >= 0.6 is 0 Å². The molecule has 0 spiro atoms. The second-order valence-electron chi connectivity index (χ2n) is 5.29. The maximum atomic E-state index is 12.9. The first-order valence-electron chi connectivity index (χ1n) is 7.34. The van der Waals surface area contributed by atoms with Gasteiger partial charge in [0.05, 0.1) is 12.6 Å². The number of likely N-dealkylation sites (N-methyl/N-ethyl adjacent to an activating group) is 1. The molecule has 2 N–H and O–H groups in total. The number of carboxylic acids is 1. The van der Waals surface area contributed by atoms with Crippen molar-refractivity contribution in [1.29, 1.82) is 0 Å². The standard InChI is InChI=1S/C16H23FN2O3/c1-4-5-14(16(21)22)18-10-15(20)19(3)11(2)12-6-8-13(17)9-7-12/h6-9,11,14,18H,4-5,10H2,1-3H3,(H,21,22). The van der Waals surface area contributed by atoms with Gasteiger partial charge in [0.2, 0.25) is 5.91 Å². The number of benzene rings is 1. The Morgan fingerprint density at radius 2 is 1.91 bits per heavy atom. The van der Waals surface area contributed by atoms with E-state index in [4.69, 9.17) is 5.11 Å². The number of nitrogens with one attached hydrogen (secondary N) is 1. The predicted octanol–water partition coefficient (Wildman–Crippen LogP) is 2.19. The minimum atomic E-state index is -0.955. The molecule has 1 aromatic rings. The van der Waals surface area contributed by atoms with Crippen molar-refractivity contribution in [2.75, 3.05) is 13.6 Å². The van der Waals surface area contributed by atoms with Crippen LogP contribution in [0.4, 0.5) is 4.39 Å². The van der Waals surface area contributed by atoms with Gasteiger partial charge in [0.15, 0.2) is 0 Å². The van der Waals surface area contributed by atoms with E-state index >= 15 is 0 Å².